The van der Waals surface area contributed by atoms with Crippen LogP contribution in [0.2, 0.25) is 0 Å². The van der Waals surface area contributed by atoms with Crippen molar-refractivity contribution in [2.75, 3.05) is 24.3 Å². The highest BCUT2D eigenvalue weighted by atomic mass is 35.5. The van der Waals surface area contributed by atoms with Gasteiger partial charge in [0.25, 0.3) is 0 Å². The van der Waals surface area contributed by atoms with E-state index in [1.54, 1.807) is 0 Å². The number of hydrogen-bond donors (Lipinski definition) is 2. The van der Waals surface area contributed by atoms with Crippen LogP contribution in [0.5, 0.6) is 0 Å². The molecule has 0 rings (SSSR count). The molecule has 0 amide bonds. The number of hydrogen-bond acceptors (Lipinski definition) is 4. The van der Waals surface area contributed by atoms with E-state index < -0.39 is 32.1 Å². The third kappa shape index (κ3) is 7.64. The molecular formula is C6H14Cl2N2O4S2. The Morgan fingerprint density at radius 2 is 1.12 bits per heavy atom. The third-order valence-electron chi connectivity index (χ3n) is 1.55. The number of alkyl halides is 2. The monoisotopic (exact) mass is 312 g/mol. The molecule has 0 aromatic rings. The van der Waals surface area contributed by atoms with E-state index in [4.69, 9.17) is 23.2 Å². The maximum absolute atomic E-state index is 11.0. The summed E-state index contributed by atoms with van der Waals surface area (Å²) in [5, 5.41) is 0. The quantitative estimate of drug-likeness (QED) is 0.608. The van der Waals surface area contributed by atoms with Crippen LogP contribution in [0.1, 0.15) is 0 Å². The zero-order valence-corrected chi connectivity index (χ0v) is 11.9. The molecule has 0 saturated carbocycles. The minimum Gasteiger partial charge on any atom is -0.213 e. The Morgan fingerprint density at radius 1 is 0.875 bits per heavy atom. The summed E-state index contributed by atoms with van der Waals surface area (Å²) in [5.74, 6) is -0.181. The average Bonchev–Trinajstić information content (AvgIpc) is 2.07. The van der Waals surface area contributed by atoms with E-state index in [9.17, 15) is 16.8 Å². The van der Waals surface area contributed by atoms with Crippen LogP contribution in [0, 0.1) is 0 Å². The predicted octanol–water partition coefficient (Wildman–Crippen LogP) is -0.700. The fourth-order valence-corrected chi connectivity index (χ4v) is 3.35. The molecular weight excluding hydrogens is 299 g/mol. The molecule has 10 heteroatoms. The largest absolute Gasteiger partial charge is 0.213 e. The molecule has 0 aromatic carbocycles. The Morgan fingerprint density at radius 3 is 1.25 bits per heavy atom. The first-order valence-corrected chi connectivity index (χ1v) is 9.00. The molecule has 2 N–H and O–H groups in total. The lowest BCUT2D eigenvalue weighted by Gasteiger charge is -2.23. The molecule has 0 spiro atoms. The van der Waals surface area contributed by atoms with Crippen molar-refractivity contribution in [2.24, 2.45) is 0 Å². The van der Waals surface area contributed by atoms with Gasteiger partial charge in [-0.25, -0.2) is 26.3 Å². The molecule has 0 heterocycles. The summed E-state index contributed by atoms with van der Waals surface area (Å²) >= 11 is 11.1. The highest BCUT2D eigenvalue weighted by Gasteiger charge is 2.25. The lowest BCUT2D eigenvalue weighted by molar-refractivity contribution is 0.497. The van der Waals surface area contributed by atoms with Gasteiger partial charge in [-0.15, -0.1) is 23.2 Å². The smallest absolute Gasteiger partial charge is 0.209 e. The first-order chi connectivity index (χ1) is 7.09. The zero-order valence-electron chi connectivity index (χ0n) is 8.77. The topological polar surface area (TPSA) is 92.3 Å². The van der Waals surface area contributed by atoms with Crippen molar-refractivity contribution < 1.29 is 16.8 Å². The van der Waals surface area contributed by atoms with Crippen LogP contribution in [-0.2, 0) is 20.0 Å². The lowest BCUT2D eigenvalue weighted by Crippen LogP contribution is -2.53. The maximum atomic E-state index is 11.0. The van der Waals surface area contributed by atoms with E-state index in [0.29, 0.717) is 0 Å². The van der Waals surface area contributed by atoms with E-state index in [2.05, 4.69) is 9.44 Å². The average molecular weight is 313 g/mol. The van der Waals surface area contributed by atoms with Crippen molar-refractivity contribution in [2.45, 2.75) is 12.1 Å². The van der Waals surface area contributed by atoms with Crippen molar-refractivity contribution in [1.29, 1.82) is 0 Å². The SMILES string of the molecule is CS(=O)(=O)N[C@@H](CCl)[C@@H](CCl)NS(C)(=O)=O. The molecule has 0 fully saturated rings. The van der Waals surface area contributed by atoms with E-state index >= 15 is 0 Å². The van der Waals surface area contributed by atoms with Gasteiger partial charge in [0.2, 0.25) is 20.0 Å². The molecule has 0 bridgehead atoms. The van der Waals surface area contributed by atoms with Crippen LogP contribution in [0.4, 0.5) is 0 Å². The van der Waals surface area contributed by atoms with Gasteiger partial charge in [0.15, 0.2) is 0 Å². The van der Waals surface area contributed by atoms with Crippen molar-refractivity contribution in [3.63, 3.8) is 0 Å². The van der Waals surface area contributed by atoms with Gasteiger partial charge in [0.05, 0.1) is 24.6 Å². The summed E-state index contributed by atoms with van der Waals surface area (Å²) in [5.41, 5.74) is 0. The molecule has 0 saturated heterocycles. The zero-order chi connectivity index (χ0) is 13.0. The van der Waals surface area contributed by atoms with Gasteiger partial charge in [-0.2, -0.15) is 0 Å². The number of halogens is 2. The summed E-state index contributed by atoms with van der Waals surface area (Å²) < 4.78 is 48.4. The molecule has 6 nitrogen and oxygen atoms in total. The maximum Gasteiger partial charge on any atom is 0.209 e. The van der Waals surface area contributed by atoms with Gasteiger partial charge in [0.1, 0.15) is 0 Å². The van der Waals surface area contributed by atoms with Crippen molar-refractivity contribution in [3.05, 3.63) is 0 Å². The first-order valence-electron chi connectivity index (χ1n) is 4.15. The molecule has 0 aliphatic carbocycles. The van der Waals surface area contributed by atoms with Crippen LogP contribution in [0.15, 0.2) is 0 Å². The van der Waals surface area contributed by atoms with Gasteiger partial charge in [-0.05, 0) is 0 Å². The second-order valence-electron chi connectivity index (χ2n) is 3.30. The lowest BCUT2D eigenvalue weighted by atomic mass is 10.2. The minimum absolute atomic E-state index is 0.0903. The van der Waals surface area contributed by atoms with E-state index in [0.717, 1.165) is 12.5 Å². The normalized spacial score (nSPS) is 17.0. The molecule has 98 valence electrons. The first kappa shape index (κ1) is 16.4. The van der Waals surface area contributed by atoms with Gasteiger partial charge in [-0.1, -0.05) is 0 Å². The predicted molar refractivity (Wildman–Crippen MR) is 65.0 cm³/mol. The molecule has 0 radical (unpaired) electrons. The number of nitrogens with one attached hydrogen (secondary N) is 2. The Kier molecular flexibility index (Phi) is 6.52. The van der Waals surface area contributed by atoms with Crippen LogP contribution >= 0.6 is 23.2 Å². The van der Waals surface area contributed by atoms with Gasteiger partial charge >= 0.3 is 0 Å². The molecule has 16 heavy (non-hydrogen) atoms. The Bertz CT molecular complexity index is 368. The molecule has 0 aliphatic rings. The number of sulfonamides is 2. The van der Waals surface area contributed by atoms with Crippen LogP contribution in [0.3, 0.4) is 0 Å². The molecule has 0 aliphatic heterocycles. The fourth-order valence-electron chi connectivity index (χ4n) is 0.992. The van der Waals surface area contributed by atoms with Crippen LogP contribution in [0.25, 0.3) is 0 Å². The van der Waals surface area contributed by atoms with Crippen molar-refractivity contribution >= 4 is 43.2 Å². The summed E-state index contributed by atoms with van der Waals surface area (Å²) in [7, 11) is -6.95. The van der Waals surface area contributed by atoms with Crippen LogP contribution in [-0.4, -0.2) is 53.2 Å². The summed E-state index contributed by atoms with van der Waals surface area (Å²) in [6.45, 7) is 0. The van der Waals surface area contributed by atoms with Crippen molar-refractivity contribution in [1.82, 2.24) is 9.44 Å². The highest BCUT2D eigenvalue weighted by Crippen LogP contribution is 2.03. The molecule has 0 unspecified atom stereocenters. The van der Waals surface area contributed by atoms with E-state index in [1.807, 2.05) is 0 Å². The molecule has 0 aromatic heterocycles. The van der Waals surface area contributed by atoms with Crippen molar-refractivity contribution in [3.8, 4) is 0 Å². The summed E-state index contributed by atoms with van der Waals surface area (Å²) in [6.07, 6.45) is 1.91. The number of rotatable bonds is 7. The van der Waals surface area contributed by atoms with E-state index in [-0.39, 0.29) is 11.8 Å². The summed E-state index contributed by atoms with van der Waals surface area (Å²) in [6, 6.07) is -1.58. The van der Waals surface area contributed by atoms with Gasteiger partial charge in [-0.3, -0.25) is 0 Å². The standard InChI is InChI=1S/C6H14Cl2N2O4S2/c1-15(11,12)9-5(3-7)6(4-8)10-16(2,13)14/h5-6,9-10H,3-4H2,1-2H3/t5-,6+. The second-order valence-corrected chi connectivity index (χ2v) is 7.48. The fraction of sp³-hybridized carbons (Fsp3) is 1.00. The Hall–Kier alpha value is 0.400. The highest BCUT2D eigenvalue weighted by molar-refractivity contribution is 7.89. The summed E-state index contributed by atoms with van der Waals surface area (Å²) in [4.78, 5) is 0. The van der Waals surface area contributed by atoms with Gasteiger partial charge < -0.3 is 0 Å². The molecule has 2 atom stereocenters. The van der Waals surface area contributed by atoms with Crippen LogP contribution < -0.4 is 9.44 Å². The Labute approximate surface area is 106 Å². The Balaban J connectivity index is 4.77. The third-order valence-corrected chi connectivity index (χ3v) is 3.68. The van der Waals surface area contributed by atoms with Gasteiger partial charge in [0, 0.05) is 11.8 Å². The van der Waals surface area contributed by atoms with E-state index in [1.165, 1.54) is 0 Å². The minimum atomic E-state index is -3.47. The second kappa shape index (κ2) is 6.36.